The van der Waals surface area contributed by atoms with Crippen LogP contribution in [0.15, 0.2) is 29.1 Å². The van der Waals surface area contributed by atoms with Crippen LogP contribution in [0.5, 0.6) is 11.5 Å². The topological polar surface area (TPSA) is 117 Å². The number of fused-ring (bicyclic) bond motifs is 2. The maximum absolute atomic E-state index is 12.5. The minimum Gasteiger partial charge on any atom is -0.493 e. The average Bonchev–Trinajstić information content (AvgIpc) is 3.07. The normalized spacial score (nSPS) is 10.9. The van der Waals surface area contributed by atoms with E-state index in [1.54, 1.807) is 18.2 Å². The predicted molar refractivity (Wildman–Crippen MR) is 104 cm³/mol. The van der Waals surface area contributed by atoms with Crippen LogP contribution in [0.4, 0.5) is 0 Å². The van der Waals surface area contributed by atoms with Gasteiger partial charge in [-0.05, 0) is 30.7 Å². The summed E-state index contributed by atoms with van der Waals surface area (Å²) in [5, 5.41) is 9.59. The maximum Gasteiger partial charge on any atom is 0.258 e. The number of hydrogen-bond acceptors (Lipinski definition) is 6. The molecule has 0 aliphatic rings. The molecule has 0 aliphatic carbocycles. The van der Waals surface area contributed by atoms with Gasteiger partial charge in [-0.25, -0.2) is 9.97 Å². The lowest BCUT2D eigenvalue weighted by Gasteiger charge is -2.09. The van der Waals surface area contributed by atoms with Gasteiger partial charge in [0.25, 0.3) is 5.56 Å². The highest BCUT2D eigenvalue weighted by Gasteiger charge is 2.13. The maximum atomic E-state index is 12.5. The SMILES string of the molecule is COc1cc2nc(Cc3nc4cc(C#N)c(C)cc4[nH]3)[nH]c(=O)c2cc1OC. The standard InChI is InChI=1S/C20H17N5O3/c1-10-4-14-15(5-11(10)9-21)24-18(23-14)8-19-22-13-7-17(28-3)16(27-2)6-12(13)20(26)25-19/h4-7H,8H2,1-3H3,(H,23,24)(H,22,25,26). The summed E-state index contributed by atoms with van der Waals surface area (Å²) >= 11 is 0. The van der Waals surface area contributed by atoms with Gasteiger partial charge in [-0.3, -0.25) is 4.79 Å². The summed E-state index contributed by atoms with van der Waals surface area (Å²) in [6.07, 6.45) is 0.315. The first-order valence-corrected chi connectivity index (χ1v) is 8.56. The summed E-state index contributed by atoms with van der Waals surface area (Å²) in [5.74, 6) is 2.09. The van der Waals surface area contributed by atoms with Gasteiger partial charge in [-0.2, -0.15) is 5.26 Å². The molecule has 0 radical (unpaired) electrons. The van der Waals surface area contributed by atoms with Crippen molar-refractivity contribution < 1.29 is 9.47 Å². The molecule has 0 fully saturated rings. The molecule has 0 amide bonds. The summed E-state index contributed by atoms with van der Waals surface area (Å²) in [7, 11) is 3.05. The lowest BCUT2D eigenvalue weighted by atomic mass is 10.1. The number of aromatic nitrogens is 4. The van der Waals surface area contributed by atoms with E-state index in [4.69, 9.17) is 9.47 Å². The first-order chi connectivity index (χ1) is 13.5. The Kier molecular flexibility index (Phi) is 4.20. The van der Waals surface area contributed by atoms with Crippen LogP contribution in [-0.4, -0.2) is 34.2 Å². The van der Waals surface area contributed by atoms with Crippen LogP contribution in [0.3, 0.4) is 0 Å². The Labute approximate surface area is 159 Å². The van der Waals surface area contributed by atoms with Gasteiger partial charge in [0.15, 0.2) is 11.5 Å². The van der Waals surface area contributed by atoms with E-state index >= 15 is 0 Å². The summed E-state index contributed by atoms with van der Waals surface area (Å²) in [6.45, 7) is 1.88. The number of aromatic amines is 2. The number of nitriles is 1. The van der Waals surface area contributed by atoms with Crippen molar-refractivity contribution >= 4 is 21.9 Å². The van der Waals surface area contributed by atoms with E-state index in [2.05, 4.69) is 26.0 Å². The lowest BCUT2D eigenvalue weighted by molar-refractivity contribution is 0.355. The third kappa shape index (κ3) is 2.93. The Hall–Kier alpha value is -3.86. The van der Waals surface area contributed by atoms with Crippen LogP contribution < -0.4 is 15.0 Å². The molecule has 0 bridgehead atoms. The highest BCUT2D eigenvalue weighted by molar-refractivity contribution is 5.82. The van der Waals surface area contributed by atoms with Crippen LogP contribution in [-0.2, 0) is 6.42 Å². The fraction of sp³-hybridized carbons (Fsp3) is 0.200. The summed E-state index contributed by atoms with van der Waals surface area (Å²) < 4.78 is 10.5. The van der Waals surface area contributed by atoms with E-state index in [0.717, 1.165) is 11.1 Å². The average molecular weight is 375 g/mol. The minimum atomic E-state index is -0.264. The second kappa shape index (κ2) is 6.70. The summed E-state index contributed by atoms with van der Waals surface area (Å²) in [5.41, 5.74) is 3.25. The molecule has 2 aromatic heterocycles. The number of aryl methyl sites for hydroxylation is 1. The molecule has 0 saturated heterocycles. The molecule has 0 spiro atoms. The Balaban J connectivity index is 1.76. The van der Waals surface area contributed by atoms with Crippen molar-refractivity contribution in [3.05, 3.63) is 57.4 Å². The second-order valence-corrected chi connectivity index (χ2v) is 6.39. The number of nitrogens with one attached hydrogen (secondary N) is 2. The highest BCUT2D eigenvalue weighted by atomic mass is 16.5. The molecular weight excluding hydrogens is 358 g/mol. The van der Waals surface area contributed by atoms with E-state index < -0.39 is 0 Å². The number of imidazole rings is 1. The zero-order valence-electron chi connectivity index (χ0n) is 15.6. The van der Waals surface area contributed by atoms with Crippen molar-refractivity contribution in [2.75, 3.05) is 14.2 Å². The number of benzene rings is 2. The van der Waals surface area contributed by atoms with Crippen LogP contribution in [0.1, 0.15) is 22.8 Å². The molecule has 0 atom stereocenters. The molecule has 8 heteroatoms. The molecule has 2 N–H and O–H groups in total. The fourth-order valence-electron chi connectivity index (χ4n) is 3.18. The largest absolute Gasteiger partial charge is 0.493 e. The summed E-state index contributed by atoms with van der Waals surface area (Å²) in [6, 6.07) is 9.08. The predicted octanol–water partition coefficient (Wildman–Crippen LogP) is 2.59. The third-order valence-electron chi connectivity index (χ3n) is 4.59. The first kappa shape index (κ1) is 17.5. The number of rotatable bonds is 4. The highest BCUT2D eigenvalue weighted by Crippen LogP contribution is 2.30. The number of ether oxygens (including phenoxy) is 2. The van der Waals surface area contributed by atoms with Crippen LogP contribution >= 0.6 is 0 Å². The molecule has 0 saturated carbocycles. The third-order valence-corrected chi connectivity index (χ3v) is 4.59. The van der Waals surface area contributed by atoms with Crippen molar-refractivity contribution in [1.82, 2.24) is 19.9 Å². The number of hydrogen-bond donors (Lipinski definition) is 2. The quantitative estimate of drug-likeness (QED) is 0.566. The Morgan fingerprint density at radius 2 is 1.68 bits per heavy atom. The molecule has 2 aromatic carbocycles. The molecule has 0 aliphatic heterocycles. The van der Waals surface area contributed by atoms with Crippen LogP contribution in [0, 0.1) is 18.3 Å². The number of methoxy groups -OCH3 is 2. The van der Waals surface area contributed by atoms with Gasteiger partial charge in [-0.15, -0.1) is 0 Å². The van der Waals surface area contributed by atoms with Gasteiger partial charge in [0.2, 0.25) is 0 Å². The molecule has 4 rings (SSSR count). The van der Waals surface area contributed by atoms with Crippen LogP contribution in [0.25, 0.3) is 21.9 Å². The van der Waals surface area contributed by atoms with E-state index in [-0.39, 0.29) is 5.56 Å². The lowest BCUT2D eigenvalue weighted by Crippen LogP contribution is -2.13. The minimum absolute atomic E-state index is 0.264. The summed E-state index contributed by atoms with van der Waals surface area (Å²) in [4.78, 5) is 27.6. The van der Waals surface area contributed by atoms with E-state index in [9.17, 15) is 10.1 Å². The van der Waals surface area contributed by atoms with E-state index in [1.807, 2.05) is 13.0 Å². The Bertz CT molecular complexity index is 1310. The van der Waals surface area contributed by atoms with Gasteiger partial charge >= 0.3 is 0 Å². The Morgan fingerprint density at radius 1 is 1.00 bits per heavy atom. The zero-order chi connectivity index (χ0) is 19.8. The zero-order valence-corrected chi connectivity index (χ0v) is 15.6. The monoisotopic (exact) mass is 375 g/mol. The van der Waals surface area contributed by atoms with Crippen molar-refractivity contribution in [1.29, 1.82) is 5.26 Å². The van der Waals surface area contributed by atoms with Crippen molar-refractivity contribution in [3.8, 4) is 17.6 Å². The van der Waals surface area contributed by atoms with E-state index in [0.29, 0.717) is 51.6 Å². The van der Waals surface area contributed by atoms with Crippen molar-refractivity contribution in [2.24, 2.45) is 0 Å². The second-order valence-electron chi connectivity index (χ2n) is 6.39. The van der Waals surface area contributed by atoms with Crippen LogP contribution in [0.2, 0.25) is 0 Å². The molecule has 2 heterocycles. The fourth-order valence-corrected chi connectivity index (χ4v) is 3.18. The molecule has 8 nitrogen and oxygen atoms in total. The number of H-pyrrole nitrogens is 2. The molecular formula is C20H17N5O3. The van der Waals surface area contributed by atoms with Gasteiger partial charge < -0.3 is 19.4 Å². The Morgan fingerprint density at radius 3 is 2.39 bits per heavy atom. The molecule has 4 aromatic rings. The van der Waals surface area contributed by atoms with Crippen molar-refractivity contribution in [3.63, 3.8) is 0 Å². The smallest absolute Gasteiger partial charge is 0.258 e. The van der Waals surface area contributed by atoms with Gasteiger partial charge in [0.05, 0.1) is 54.2 Å². The first-order valence-electron chi connectivity index (χ1n) is 8.56. The van der Waals surface area contributed by atoms with E-state index in [1.165, 1.54) is 14.2 Å². The molecule has 0 unspecified atom stereocenters. The molecule has 28 heavy (non-hydrogen) atoms. The van der Waals surface area contributed by atoms with Gasteiger partial charge in [0.1, 0.15) is 11.6 Å². The van der Waals surface area contributed by atoms with Crippen molar-refractivity contribution in [2.45, 2.75) is 13.3 Å². The molecule has 140 valence electrons. The van der Waals surface area contributed by atoms with Gasteiger partial charge in [0, 0.05) is 6.07 Å². The van der Waals surface area contributed by atoms with Gasteiger partial charge in [-0.1, -0.05) is 0 Å². The number of nitrogens with zero attached hydrogens (tertiary/aromatic N) is 3.